The van der Waals surface area contributed by atoms with Gasteiger partial charge < -0.3 is 10.1 Å². The number of hydrogen-bond donors (Lipinski definition) is 1. The van der Waals surface area contributed by atoms with Crippen LogP contribution in [0.2, 0.25) is 0 Å². The van der Waals surface area contributed by atoms with Crippen molar-refractivity contribution in [1.82, 2.24) is 5.32 Å². The molecule has 0 bridgehead atoms. The molecule has 1 aromatic rings. The molecule has 0 amide bonds. The van der Waals surface area contributed by atoms with Gasteiger partial charge in [0.05, 0.1) is 6.61 Å². The number of para-hydroxylation sites is 1. The highest BCUT2D eigenvalue weighted by molar-refractivity contribution is 5.36. The minimum absolute atomic E-state index is 0.446. The predicted molar refractivity (Wildman–Crippen MR) is 89.8 cm³/mol. The summed E-state index contributed by atoms with van der Waals surface area (Å²) in [5.74, 6) is 1.83. The average molecular weight is 289 g/mol. The van der Waals surface area contributed by atoms with Crippen LogP contribution in [0.4, 0.5) is 0 Å². The summed E-state index contributed by atoms with van der Waals surface area (Å²) in [6, 6.07) is 9.07. The maximum Gasteiger partial charge on any atom is 0.124 e. The van der Waals surface area contributed by atoms with E-state index in [1.807, 2.05) is 0 Å². The van der Waals surface area contributed by atoms with E-state index in [9.17, 15) is 0 Å². The van der Waals surface area contributed by atoms with E-state index in [2.05, 4.69) is 43.4 Å². The van der Waals surface area contributed by atoms with E-state index < -0.39 is 0 Å². The Morgan fingerprint density at radius 1 is 1.10 bits per heavy atom. The molecule has 1 unspecified atom stereocenters. The maximum atomic E-state index is 6.00. The second kappa shape index (κ2) is 9.09. The fourth-order valence-corrected chi connectivity index (χ4v) is 3.48. The molecule has 1 fully saturated rings. The fraction of sp³-hybridized carbons (Fsp3) is 0.684. The Hall–Kier alpha value is -1.02. The Morgan fingerprint density at radius 2 is 1.81 bits per heavy atom. The van der Waals surface area contributed by atoms with E-state index >= 15 is 0 Å². The van der Waals surface area contributed by atoms with E-state index in [0.29, 0.717) is 6.04 Å². The van der Waals surface area contributed by atoms with Crippen molar-refractivity contribution >= 4 is 0 Å². The van der Waals surface area contributed by atoms with Gasteiger partial charge in [-0.15, -0.1) is 0 Å². The van der Waals surface area contributed by atoms with Gasteiger partial charge in [-0.3, -0.25) is 0 Å². The van der Waals surface area contributed by atoms with Gasteiger partial charge >= 0.3 is 0 Å². The van der Waals surface area contributed by atoms with Crippen molar-refractivity contribution in [3.63, 3.8) is 0 Å². The molecule has 2 heteroatoms. The van der Waals surface area contributed by atoms with Crippen molar-refractivity contribution in [1.29, 1.82) is 0 Å². The third-order valence-electron chi connectivity index (χ3n) is 4.51. The third-order valence-corrected chi connectivity index (χ3v) is 4.51. The number of benzene rings is 1. The monoisotopic (exact) mass is 289 g/mol. The molecule has 1 atom stereocenters. The van der Waals surface area contributed by atoms with E-state index in [4.69, 9.17) is 4.74 Å². The molecule has 0 aromatic heterocycles. The van der Waals surface area contributed by atoms with Crippen molar-refractivity contribution in [3.05, 3.63) is 29.8 Å². The van der Waals surface area contributed by atoms with E-state index in [1.54, 1.807) is 0 Å². The van der Waals surface area contributed by atoms with Crippen molar-refractivity contribution < 1.29 is 4.74 Å². The molecule has 21 heavy (non-hydrogen) atoms. The van der Waals surface area contributed by atoms with Gasteiger partial charge in [0.2, 0.25) is 0 Å². The van der Waals surface area contributed by atoms with Crippen LogP contribution in [0, 0.1) is 5.92 Å². The van der Waals surface area contributed by atoms with Gasteiger partial charge in [0.1, 0.15) is 5.75 Å². The lowest BCUT2D eigenvalue weighted by atomic mass is 9.86. The lowest BCUT2D eigenvalue weighted by molar-refractivity contribution is 0.289. The number of hydrogen-bond acceptors (Lipinski definition) is 2. The summed E-state index contributed by atoms with van der Waals surface area (Å²) in [5.41, 5.74) is 1.36. The van der Waals surface area contributed by atoms with Crippen LogP contribution < -0.4 is 10.1 Å². The van der Waals surface area contributed by atoms with Crippen LogP contribution in [0.15, 0.2) is 24.3 Å². The van der Waals surface area contributed by atoms with Gasteiger partial charge in [0.25, 0.3) is 0 Å². The molecule has 0 spiro atoms. The largest absolute Gasteiger partial charge is 0.493 e. The zero-order valence-electron chi connectivity index (χ0n) is 13.7. The van der Waals surface area contributed by atoms with Crippen LogP contribution >= 0.6 is 0 Å². The molecule has 0 heterocycles. The van der Waals surface area contributed by atoms with Crippen LogP contribution in [0.3, 0.4) is 0 Å². The summed E-state index contributed by atoms with van der Waals surface area (Å²) in [6.45, 7) is 6.19. The first-order valence-electron chi connectivity index (χ1n) is 8.82. The first-order chi connectivity index (χ1) is 10.4. The highest BCUT2D eigenvalue weighted by Gasteiger charge is 2.25. The lowest BCUT2D eigenvalue weighted by Gasteiger charge is -2.29. The van der Waals surface area contributed by atoms with E-state index in [-0.39, 0.29) is 0 Å². The molecule has 1 saturated carbocycles. The SMILES string of the molecule is CCCOc1ccccc1C(NCC)C1CCCCCC1. The van der Waals surface area contributed by atoms with E-state index in [1.165, 1.54) is 44.1 Å². The van der Waals surface area contributed by atoms with Crippen LogP contribution in [0.5, 0.6) is 5.75 Å². The second-order valence-corrected chi connectivity index (χ2v) is 6.17. The molecule has 1 aliphatic carbocycles. The topological polar surface area (TPSA) is 21.3 Å². The minimum atomic E-state index is 0.446. The van der Waals surface area contributed by atoms with Crippen molar-refractivity contribution in [2.75, 3.05) is 13.2 Å². The molecule has 2 rings (SSSR count). The van der Waals surface area contributed by atoms with Crippen LogP contribution in [0.1, 0.15) is 70.4 Å². The Bertz CT molecular complexity index is 396. The Balaban J connectivity index is 2.19. The van der Waals surface area contributed by atoms with Crippen molar-refractivity contribution in [3.8, 4) is 5.75 Å². The normalized spacial score (nSPS) is 18.2. The van der Waals surface area contributed by atoms with E-state index in [0.717, 1.165) is 31.2 Å². The van der Waals surface area contributed by atoms with Gasteiger partial charge in [0.15, 0.2) is 0 Å². The summed E-state index contributed by atoms with van der Waals surface area (Å²) >= 11 is 0. The Morgan fingerprint density at radius 3 is 2.48 bits per heavy atom. The minimum Gasteiger partial charge on any atom is -0.493 e. The summed E-state index contributed by atoms with van der Waals surface area (Å²) in [4.78, 5) is 0. The molecule has 1 aliphatic rings. The number of ether oxygens (including phenoxy) is 1. The second-order valence-electron chi connectivity index (χ2n) is 6.17. The first-order valence-corrected chi connectivity index (χ1v) is 8.82. The quantitative estimate of drug-likeness (QED) is 0.705. The average Bonchev–Trinajstić information content (AvgIpc) is 2.80. The molecular weight excluding hydrogens is 258 g/mol. The summed E-state index contributed by atoms with van der Waals surface area (Å²) in [5, 5.41) is 3.73. The fourth-order valence-electron chi connectivity index (χ4n) is 3.48. The molecule has 0 aliphatic heterocycles. The number of nitrogens with one attached hydrogen (secondary N) is 1. The highest BCUT2D eigenvalue weighted by Crippen LogP contribution is 2.37. The zero-order valence-corrected chi connectivity index (χ0v) is 13.7. The lowest BCUT2D eigenvalue weighted by Crippen LogP contribution is -2.28. The zero-order chi connectivity index (χ0) is 14.9. The molecule has 1 aromatic carbocycles. The van der Waals surface area contributed by atoms with Crippen LogP contribution in [0.25, 0.3) is 0 Å². The van der Waals surface area contributed by atoms with Gasteiger partial charge in [-0.2, -0.15) is 0 Å². The van der Waals surface area contributed by atoms with Crippen molar-refractivity contribution in [2.24, 2.45) is 5.92 Å². The van der Waals surface area contributed by atoms with Crippen LogP contribution in [-0.4, -0.2) is 13.2 Å². The third kappa shape index (κ3) is 4.74. The molecule has 0 radical (unpaired) electrons. The Labute approximate surface area is 130 Å². The number of rotatable bonds is 7. The molecule has 1 N–H and O–H groups in total. The summed E-state index contributed by atoms with van der Waals surface area (Å²) in [7, 11) is 0. The van der Waals surface area contributed by atoms with Gasteiger partial charge in [-0.05, 0) is 37.8 Å². The Kier molecular flexibility index (Phi) is 7.08. The first kappa shape index (κ1) is 16.4. The van der Waals surface area contributed by atoms with Gasteiger partial charge in [-0.1, -0.05) is 57.7 Å². The van der Waals surface area contributed by atoms with Gasteiger partial charge in [-0.25, -0.2) is 0 Å². The standard InChI is InChI=1S/C19H31NO/c1-3-15-21-18-14-10-9-13-17(18)19(20-4-2)16-11-7-5-6-8-12-16/h9-10,13-14,16,19-20H,3-8,11-12,15H2,1-2H3. The molecular formula is C19H31NO. The molecule has 2 nitrogen and oxygen atoms in total. The highest BCUT2D eigenvalue weighted by atomic mass is 16.5. The van der Waals surface area contributed by atoms with Crippen LogP contribution in [-0.2, 0) is 0 Å². The smallest absolute Gasteiger partial charge is 0.124 e. The molecule has 118 valence electrons. The molecule has 0 saturated heterocycles. The predicted octanol–water partition coefficient (Wildman–Crippen LogP) is 5.10. The maximum absolute atomic E-state index is 6.00. The summed E-state index contributed by atoms with van der Waals surface area (Å²) in [6.07, 6.45) is 9.32. The van der Waals surface area contributed by atoms with Crippen molar-refractivity contribution in [2.45, 2.75) is 64.8 Å². The van der Waals surface area contributed by atoms with Gasteiger partial charge in [0, 0.05) is 11.6 Å². The summed E-state index contributed by atoms with van der Waals surface area (Å²) < 4.78 is 6.00.